The van der Waals surface area contributed by atoms with Crippen LogP contribution in [-0.2, 0) is 13.6 Å². The summed E-state index contributed by atoms with van der Waals surface area (Å²) < 4.78 is 2.00. The molecule has 7 nitrogen and oxygen atoms in total. The fraction of sp³-hybridized carbons (Fsp3) is 0.625. The van der Waals surface area contributed by atoms with Crippen LogP contribution >= 0.6 is 0 Å². The van der Waals surface area contributed by atoms with E-state index in [0.29, 0.717) is 12.1 Å². The fourth-order valence-electron chi connectivity index (χ4n) is 3.47. The molecular formula is C16H23N7. The van der Waals surface area contributed by atoms with Crippen LogP contribution in [-0.4, -0.2) is 54.8 Å². The molecule has 2 aliphatic rings. The minimum atomic E-state index is 0.591. The topological polar surface area (TPSA) is 63.0 Å². The average Bonchev–Trinajstić information content (AvgIpc) is 3.34. The largest absolute Gasteiger partial charge is 0.350 e. The van der Waals surface area contributed by atoms with Gasteiger partial charge in [-0.15, -0.1) is 10.2 Å². The molecule has 0 aromatic carbocycles. The normalized spacial score (nSPS) is 19.9. The van der Waals surface area contributed by atoms with Gasteiger partial charge in [-0.25, -0.2) is 9.97 Å². The Bertz CT molecular complexity index is 629. The zero-order valence-electron chi connectivity index (χ0n) is 13.5. The van der Waals surface area contributed by atoms with Crippen molar-refractivity contribution in [1.82, 2.24) is 29.6 Å². The summed E-state index contributed by atoms with van der Waals surface area (Å²) in [6, 6.07) is 3.32. The van der Waals surface area contributed by atoms with Crippen molar-refractivity contribution in [2.75, 3.05) is 18.0 Å². The molecule has 2 aromatic heterocycles. The Hall–Kier alpha value is -2.02. The van der Waals surface area contributed by atoms with Gasteiger partial charge in [0.25, 0.3) is 0 Å². The first-order chi connectivity index (χ1) is 11.3. The number of aryl methyl sites for hydroxylation is 1. The Morgan fingerprint density at radius 2 is 1.96 bits per heavy atom. The number of rotatable bonds is 5. The number of hydrogen-bond donors (Lipinski definition) is 0. The number of hydrogen-bond acceptors (Lipinski definition) is 6. The SMILES string of the molecule is Cn1cnnc1CN1CCC(N(c2ccncn2)C2CC2)CC1. The van der Waals surface area contributed by atoms with Crippen molar-refractivity contribution in [3.05, 3.63) is 30.7 Å². The summed E-state index contributed by atoms with van der Waals surface area (Å²) in [5, 5.41) is 8.16. The molecule has 2 fully saturated rings. The van der Waals surface area contributed by atoms with Crippen LogP contribution in [0.15, 0.2) is 24.9 Å². The molecule has 0 amide bonds. The van der Waals surface area contributed by atoms with Crippen LogP contribution in [0.4, 0.5) is 5.82 Å². The van der Waals surface area contributed by atoms with Gasteiger partial charge in [-0.3, -0.25) is 4.90 Å². The van der Waals surface area contributed by atoms with Crippen molar-refractivity contribution in [2.24, 2.45) is 7.05 Å². The molecular weight excluding hydrogens is 290 g/mol. The number of nitrogens with zero attached hydrogens (tertiary/aromatic N) is 7. The van der Waals surface area contributed by atoms with E-state index in [9.17, 15) is 0 Å². The number of anilines is 1. The maximum Gasteiger partial charge on any atom is 0.146 e. The smallest absolute Gasteiger partial charge is 0.146 e. The van der Waals surface area contributed by atoms with Crippen LogP contribution in [0.1, 0.15) is 31.5 Å². The maximum atomic E-state index is 4.49. The number of piperidine rings is 1. The van der Waals surface area contributed by atoms with E-state index in [-0.39, 0.29) is 0 Å². The Labute approximate surface area is 136 Å². The quantitative estimate of drug-likeness (QED) is 0.827. The minimum absolute atomic E-state index is 0.591. The molecule has 0 atom stereocenters. The zero-order valence-corrected chi connectivity index (χ0v) is 13.5. The van der Waals surface area contributed by atoms with Crippen molar-refractivity contribution in [1.29, 1.82) is 0 Å². The van der Waals surface area contributed by atoms with Crippen LogP contribution in [0.25, 0.3) is 0 Å². The summed E-state index contributed by atoms with van der Waals surface area (Å²) in [7, 11) is 2.01. The molecule has 4 rings (SSSR count). The van der Waals surface area contributed by atoms with Gasteiger partial charge in [-0.1, -0.05) is 0 Å². The van der Waals surface area contributed by atoms with Gasteiger partial charge in [-0.05, 0) is 31.7 Å². The van der Waals surface area contributed by atoms with E-state index in [1.807, 2.05) is 23.9 Å². The van der Waals surface area contributed by atoms with Crippen LogP contribution < -0.4 is 4.90 Å². The Balaban J connectivity index is 1.39. The van der Waals surface area contributed by atoms with Gasteiger partial charge >= 0.3 is 0 Å². The molecule has 122 valence electrons. The number of aromatic nitrogens is 5. The highest BCUT2D eigenvalue weighted by atomic mass is 15.3. The van der Waals surface area contributed by atoms with Gasteiger partial charge in [0.05, 0.1) is 6.54 Å². The Morgan fingerprint density at radius 3 is 2.57 bits per heavy atom. The van der Waals surface area contributed by atoms with E-state index < -0.39 is 0 Å². The van der Waals surface area contributed by atoms with Gasteiger partial charge < -0.3 is 9.47 Å². The lowest BCUT2D eigenvalue weighted by Crippen LogP contribution is -2.46. The van der Waals surface area contributed by atoms with E-state index in [4.69, 9.17) is 0 Å². The van der Waals surface area contributed by atoms with Gasteiger partial charge in [-0.2, -0.15) is 0 Å². The van der Waals surface area contributed by atoms with E-state index in [1.165, 1.54) is 25.7 Å². The average molecular weight is 313 g/mol. The van der Waals surface area contributed by atoms with Crippen molar-refractivity contribution < 1.29 is 0 Å². The number of likely N-dealkylation sites (tertiary alicyclic amines) is 1. The van der Waals surface area contributed by atoms with E-state index >= 15 is 0 Å². The first kappa shape index (κ1) is 14.6. The van der Waals surface area contributed by atoms with Crippen molar-refractivity contribution >= 4 is 5.82 Å². The first-order valence-corrected chi connectivity index (χ1v) is 8.41. The van der Waals surface area contributed by atoms with Crippen LogP contribution in [0.5, 0.6) is 0 Å². The molecule has 1 aliphatic heterocycles. The lowest BCUT2D eigenvalue weighted by Gasteiger charge is -2.39. The molecule has 0 spiro atoms. The van der Waals surface area contributed by atoms with E-state index in [2.05, 4.69) is 30.0 Å². The van der Waals surface area contributed by atoms with Crippen molar-refractivity contribution in [2.45, 2.75) is 44.3 Å². The second-order valence-corrected chi connectivity index (χ2v) is 6.57. The third-order valence-corrected chi connectivity index (χ3v) is 4.89. The highest BCUT2D eigenvalue weighted by Crippen LogP contribution is 2.35. The van der Waals surface area contributed by atoms with E-state index in [1.54, 1.807) is 12.7 Å². The molecule has 0 bridgehead atoms. The lowest BCUT2D eigenvalue weighted by molar-refractivity contribution is 0.194. The molecule has 0 unspecified atom stereocenters. The standard InChI is InChI=1S/C16H23N7/c1-21-12-19-20-16(21)10-22-8-5-14(6-9-22)23(13-2-3-13)15-4-7-17-11-18-15/h4,7,11-14H,2-3,5-6,8-10H2,1H3. The van der Waals surface area contributed by atoms with Gasteiger partial charge in [0.15, 0.2) is 0 Å². The van der Waals surface area contributed by atoms with Gasteiger partial charge in [0.1, 0.15) is 24.3 Å². The Kier molecular flexibility index (Phi) is 3.95. The molecule has 2 aromatic rings. The molecule has 1 saturated heterocycles. The molecule has 0 radical (unpaired) electrons. The summed E-state index contributed by atoms with van der Waals surface area (Å²) in [6.45, 7) is 3.10. The highest BCUT2D eigenvalue weighted by molar-refractivity contribution is 5.41. The van der Waals surface area contributed by atoms with Gasteiger partial charge in [0, 0.05) is 38.4 Å². The zero-order chi connectivity index (χ0) is 15.6. The molecule has 7 heteroatoms. The van der Waals surface area contributed by atoms with Crippen LogP contribution in [0.2, 0.25) is 0 Å². The lowest BCUT2D eigenvalue weighted by atomic mass is 10.0. The third-order valence-electron chi connectivity index (χ3n) is 4.89. The van der Waals surface area contributed by atoms with E-state index in [0.717, 1.165) is 31.3 Å². The molecule has 1 saturated carbocycles. The fourth-order valence-corrected chi connectivity index (χ4v) is 3.47. The predicted molar refractivity (Wildman–Crippen MR) is 86.8 cm³/mol. The van der Waals surface area contributed by atoms with Crippen molar-refractivity contribution in [3.63, 3.8) is 0 Å². The van der Waals surface area contributed by atoms with Crippen LogP contribution in [0, 0.1) is 0 Å². The van der Waals surface area contributed by atoms with Crippen LogP contribution in [0.3, 0.4) is 0 Å². The maximum absolute atomic E-state index is 4.49. The third kappa shape index (κ3) is 3.19. The van der Waals surface area contributed by atoms with Gasteiger partial charge in [0.2, 0.25) is 0 Å². The second kappa shape index (κ2) is 6.23. The summed E-state index contributed by atoms with van der Waals surface area (Å²) in [5.74, 6) is 2.13. The molecule has 0 N–H and O–H groups in total. The molecule has 23 heavy (non-hydrogen) atoms. The molecule has 3 heterocycles. The predicted octanol–water partition coefficient (Wildman–Crippen LogP) is 1.24. The highest BCUT2D eigenvalue weighted by Gasteiger charge is 2.36. The summed E-state index contributed by atoms with van der Waals surface area (Å²) >= 11 is 0. The monoisotopic (exact) mass is 313 g/mol. The summed E-state index contributed by atoms with van der Waals surface area (Å²) in [6.07, 6.45) is 10.2. The Morgan fingerprint density at radius 1 is 1.17 bits per heavy atom. The first-order valence-electron chi connectivity index (χ1n) is 8.41. The van der Waals surface area contributed by atoms with Crippen molar-refractivity contribution in [3.8, 4) is 0 Å². The summed E-state index contributed by atoms with van der Waals surface area (Å²) in [5.41, 5.74) is 0. The minimum Gasteiger partial charge on any atom is -0.350 e. The second-order valence-electron chi connectivity index (χ2n) is 6.57. The molecule has 1 aliphatic carbocycles. The summed E-state index contributed by atoms with van der Waals surface area (Å²) in [4.78, 5) is 13.6.